The van der Waals surface area contributed by atoms with Crippen LogP contribution in [-0.2, 0) is 19.6 Å². The molecule has 0 spiro atoms. The Labute approximate surface area is 244 Å². The van der Waals surface area contributed by atoms with Crippen LogP contribution < -0.4 is 10.6 Å². The molecule has 3 aromatic rings. The number of carbonyl (C=O) groups excluding carboxylic acids is 1. The first kappa shape index (κ1) is 29.4. The minimum Gasteiger partial charge on any atom is -0.348 e. The van der Waals surface area contributed by atoms with Gasteiger partial charge in [0.05, 0.1) is 26.7 Å². The Morgan fingerprint density at radius 3 is 2.44 bits per heavy atom. The number of likely N-dealkylation sites (N-methyl/N-ethyl adjacent to an activating group) is 1. The Hall–Kier alpha value is -3.10. The van der Waals surface area contributed by atoms with Crippen molar-refractivity contribution in [2.45, 2.75) is 39.5 Å². The Bertz CT molecular complexity index is 1340. The molecule has 6 nitrogen and oxygen atoms in total. The van der Waals surface area contributed by atoms with Crippen LogP contribution in [0.2, 0.25) is 0 Å². The first-order valence-corrected chi connectivity index (χ1v) is 15.1. The lowest BCUT2D eigenvalue weighted by Gasteiger charge is -2.41. The number of amides is 1. The van der Waals surface area contributed by atoms with Gasteiger partial charge in [0, 0.05) is 69.5 Å². The van der Waals surface area contributed by atoms with Gasteiger partial charge in [-0.1, -0.05) is 36.4 Å². The van der Waals surface area contributed by atoms with Gasteiger partial charge in [-0.15, -0.1) is 0 Å². The molecule has 1 unspecified atom stereocenters. The number of benzene rings is 3. The summed E-state index contributed by atoms with van der Waals surface area (Å²) in [6.45, 7) is 15.2. The number of nitrogens with one attached hydrogen (secondary N) is 2. The van der Waals surface area contributed by atoms with Gasteiger partial charge in [0.15, 0.2) is 0 Å². The Morgan fingerprint density at radius 2 is 1.68 bits per heavy atom. The van der Waals surface area contributed by atoms with Gasteiger partial charge >= 0.3 is 0 Å². The molecule has 5 rings (SSSR count). The van der Waals surface area contributed by atoms with Gasteiger partial charge < -0.3 is 15.1 Å². The summed E-state index contributed by atoms with van der Waals surface area (Å²) in [5.74, 6) is -0.365. The first-order valence-electron chi connectivity index (χ1n) is 15.1. The second kappa shape index (κ2) is 13.3. The summed E-state index contributed by atoms with van der Waals surface area (Å²) in [5.41, 5.74) is 5.29. The molecule has 0 aromatic heterocycles. The number of hydrogen-bond donors (Lipinski definition) is 2. The zero-order valence-corrected chi connectivity index (χ0v) is 24.8. The molecule has 0 bridgehead atoms. The smallest absolute Gasteiger partial charge is 0.251 e. The fourth-order valence-electron chi connectivity index (χ4n) is 5.97. The fourth-order valence-corrected chi connectivity index (χ4v) is 5.97. The van der Waals surface area contributed by atoms with E-state index in [0.29, 0.717) is 23.7 Å². The molecule has 2 heterocycles. The zero-order chi connectivity index (χ0) is 28.8. The maximum atomic E-state index is 14.9. The summed E-state index contributed by atoms with van der Waals surface area (Å²) < 4.78 is 16.1. The average molecular weight is 559 g/mol. The summed E-state index contributed by atoms with van der Waals surface area (Å²) in [7, 11) is 2.33. The molecular formula is C34H45FN5O+. The van der Waals surface area contributed by atoms with Gasteiger partial charge in [-0.2, -0.15) is 0 Å². The number of carbonyl (C=O) groups is 1. The van der Waals surface area contributed by atoms with Crippen LogP contribution in [0, 0.1) is 5.82 Å². The lowest BCUT2D eigenvalue weighted by Crippen LogP contribution is -2.56. The van der Waals surface area contributed by atoms with Crippen LogP contribution in [0.5, 0.6) is 0 Å². The Morgan fingerprint density at radius 1 is 0.951 bits per heavy atom. The largest absolute Gasteiger partial charge is 0.348 e. The molecule has 0 saturated carbocycles. The number of nitrogens with zero attached hydrogens (tertiary/aromatic N) is 3. The maximum Gasteiger partial charge on any atom is 0.251 e. The van der Waals surface area contributed by atoms with Crippen molar-refractivity contribution in [3.8, 4) is 11.1 Å². The molecule has 218 valence electrons. The van der Waals surface area contributed by atoms with E-state index in [4.69, 9.17) is 0 Å². The fraction of sp³-hybridized carbons (Fsp3) is 0.441. The summed E-state index contributed by atoms with van der Waals surface area (Å²) in [4.78, 5) is 18.0. The summed E-state index contributed by atoms with van der Waals surface area (Å²) in [6, 6.07) is 21.7. The Kier molecular flexibility index (Phi) is 9.50. The highest BCUT2D eigenvalue weighted by atomic mass is 19.1. The number of halogens is 1. The lowest BCUT2D eigenvalue weighted by atomic mass is 10.00. The minimum atomic E-state index is -0.253. The SMILES string of the molecule is CC[N+]1(C)CCN(Cc2cccc(C(=O)NCc3ccc(F)c(-c4cccc(CN5CCNC(C)C5)c4)c3)c2)CC1. The zero-order valence-electron chi connectivity index (χ0n) is 24.8. The summed E-state index contributed by atoms with van der Waals surface area (Å²) in [6.07, 6.45) is 0. The van der Waals surface area contributed by atoms with Gasteiger partial charge in [-0.05, 0) is 66.4 Å². The summed E-state index contributed by atoms with van der Waals surface area (Å²) in [5, 5.41) is 6.52. The molecule has 1 atom stereocenters. The monoisotopic (exact) mass is 558 g/mol. The first-order chi connectivity index (χ1) is 19.8. The topological polar surface area (TPSA) is 47.6 Å². The van der Waals surface area contributed by atoms with Gasteiger partial charge in [-0.3, -0.25) is 14.6 Å². The van der Waals surface area contributed by atoms with Crippen LogP contribution in [0.25, 0.3) is 11.1 Å². The van der Waals surface area contributed by atoms with Crippen molar-refractivity contribution in [3.05, 3.63) is 94.8 Å². The second-order valence-electron chi connectivity index (χ2n) is 12.1. The quantitative estimate of drug-likeness (QED) is 0.380. The van der Waals surface area contributed by atoms with Crippen LogP contribution in [0.4, 0.5) is 4.39 Å². The van der Waals surface area contributed by atoms with E-state index in [9.17, 15) is 9.18 Å². The van der Waals surface area contributed by atoms with E-state index < -0.39 is 0 Å². The highest BCUT2D eigenvalue weighted by Crippen LogP contribution is 2.26. The van der Waals surface area contributed by atoms with Crippen molar-refractivity contribution in [1.29, 1.82) is 0 Å². The van der Waals surface area contributed by atoms with Crippen LogP contribution in [0.15, 0.2) is 66.7 Å². The van der Waals surface area contributed by atoms with Crippen LogP contribution >= 0.6 is 0 Å². The van der Waals surface area contributed by atoms with E-state index in [-0.39, 0.29) is 11.7 Å². The van der Waals surface area contributed by atoms with Crippen LogP contribution in [0.1, 0.15) is 40.9 Å². The number of hydrogen-bond acceptors (Lipinski definition) is 4. The van der Waals surface area contributed by atoms with E-state index in [1.165, 1.54) is 18.2 Å². The van der Waals surface area contributed by atoms with Gasteiger partial charge in [0.2, 0.25) is 0 Å². The summed E-state index contributed by atoms with van der Waals surface area (Å²) >= 11 is 0. The van der Waals surface area contributed by atoms with E-state index >= 15 is 0 Å². The predicted octanol–water partition coefficient (Wildman–Crippen LogP) is 4.50. The molecule has 0 radical (unpaired) electrons. The third kappa shape index (κ3) is 7.80. The average Bonchev–Trinajstić information content (AvgIpc) is 2.98. The molecule has 2 N–H and O–H groups in total. The molecular weight excluding hydrogens is 513 g/mol. The van der Waals surface area contributed by atoms with E-state index in [0.717, 1.165) is 80.1 Å². The third-order valence-corrected chi connectivity index (χ3v) is 8.85. The van der Waals surface area contributed by atoms with E-state index in [2.05, 4.69) is 59.5 Å². The van der Waals surface area contributed by atoms with Crippen LogP contribution in [-0.4, -0.2) is 85.6 Å². The van der Waals surface area contributed by atoms with Gasteiger partial charge in [-0.25, -0.2) is 4.39 Å². The molecule has 2 saturated heterocycles. The lowest BCUT2D eigenvalue weighted by molar-refractivity contribution is -0.912. The Balaban J connectivity index is 1.20. The van der Waals surface area contributed by atoms with E-state index in [1.54, 1.807) is 6.07 Å². The maximum absolute atomic E-state index is 14.9. The number of quaternary nitrogens is 1. The molecule has 0 aliphatic carbocycles. The standard InChI is InChI=1S/C34H44FN5O/c1-4-40(3)17-15-38(16-18-40)24-29-8-6-10-31(20-29)34(41)37-22-27-11-12-33(35)32(21-27)30-9-5-7-28(19-30)25-39-14-13-36-26(2)23-39/h5-12,19-21,26,36H,4,13-18,22-25H2,1-3H3/p+1. The van der Waals surface area contributed by atoms with Gasteiger partial charge in [0.1, 0.15) is 5.82 Å². The van der Waals surface area contributed by atoms with Crippen molar-refractivity contribution >= 4 is 5.91 Å². The number of piperazine rings is 2. The molecule has 2 aliphatic rings. The minimum absolute atomic E-state index is 0.112. The van der Waals surface area contributed by atoms with Crippen LogP contribution in [0.3, 0.4) is 0 Å². The second-order valence-corrected chi connectivity index (χ2v) is 12.1. The molecule has 41 heavy (non-hydrogen) atoms. The molecule has 2 fully saturated rings. The highest BCUT2D eigenvalue weighted by molar-refractivity contribution is 5.94. The third-order valence-electron chi connectivity index (χ3n) is 8.85. The highest BCUT2D eigenvalue weighted by Gasteiger charge is 2.26. The van der Waals surface area contributed by atoms with Crippen molar-refractivity contribution < 1.29 is 13.7 Å². The van der Waals surface area contributed by atoms with Crippen molar-refractivity contribution in [2.24, 2.45) is 0 Å². The predicted molar refractivity (Wildman–Crippen MR) is 164 cm³/mol. The molecule has 3 aromatic carbocycles. The van der Waals surface area contributed by atoms with Crippen molar-refractivity contribution in [1.82, 2.24) is 20.4 Å². The molecule has 2 aliphatic heterocycles. The normalized spacial score (nSPS) is 19.7. The van der Waals surface area contributed by atoms with Gasteiger partial charge in [0.25, 0.3) is 5.91 Å². The molecule has 1 amide bonds. The van der Waals surface area contributed by atoms with E-state index in [1.807, 2.05) is 36.4 Å². The number of rotatable bonds is 9. The van der Waals surface area contributed by atoms with Crippen molar-refractivity contribution in [2.75, 3.05) is 59.4 Å². The molecule has 7 heteroatoms. The van der Waals surface area contributed by atoms with Crippen molar-refractivity contribution in [3.63, 3.8) is 0 Å².